The molecule has 0 bridgehead atoms. The Morgan fingerprint density at radius 2 is 1.81 bits per heavy atom. The van der Waals surface area contributed by atoms with Crippen LogP contribution in [0.2, 0.25) is 0 Å². The third kappa shape index (κ3) is 5.01. The maximum atomic E-state index is 12.9. The maximum absolute atomic E-state index is 12.9. The summed E-state index contributed by atoms with van der Waals surface area (Å²) in [5.74, 6) is 0.518. The molecule has 1 heterocycles. The third-order valence-corrected chi connectivity index (χ3v) is 4.96. The number of rotatable bonds is 7. The second kappa shape index (κ2) is 9.08. The maximum Gasteiger partial charge on any atom is 0.265 e. The Morgan fingerprint density at radius 1 is 1.19 bits per heavy atom. The van der Waals surface area contributed by atoms with Crippen molar-refractivity contribution in [1.29, 1.82) is 0 Å². The largest absolute Gasteiger partial charge is 0.339 e. The highest BCUT2D eigenvalue weighted by atomic mass is 32.2. The van der Waals surface area contributed by atoms with Gasteiger partial charge < -0.3 is 9.80 Å². The highest BCUT2D eigenvalue weighted by Gasteiger charge is 2.29. The van der Waals surface area contributed by atoms with Crippen LogP contribution in [-0.2, 0) is 9.59 Å². The first-order chi connectivity index (χ1) is 12.3. The van der Waals surface area contributed by atoms with Crippen molar-refractivity contribution in [2.24, 2.45) is 11.8 Å². The molecule has 0 fully saturated rings. The van der Waals surface area contributed by atoms with Crippen LogP contribution in [-0.4, -0.2) is 36.3 Å². The zero-order chi connectivity index (χ0) is 19.3. The molecule has 0 saturated carbocycles. The molecule has 2 amide bonds. The monoisotopic (exact) mass is 372 g/mol. The average Bonchev–Trinajstić information content (AvgIpc) is 2.57. The average molecular weight is 373 g/mol. The molecule has 0 spiro atoms. The van der Waals surface area contributed by atoms with Gasteiger partial charge in [0.25, 0.3) is 5.91 Å². The molecule has 0 saturated heterocycles. The van der Waals surface area contributed by atoms with E-state index in [4.69, 9.17) is 0 Å². The molecule has 26 heavy (non-hydrogen) atoms. The number of hydrogen-bond acceptors (Lipinski definition) is 3. The molecule has 1 aliphatic heterocycles. The summed E-state index contributed by atoms with van der Waals surface area (Å²) < 4.78 is 0. The van der Waals surface area contributed by atoms with Gasteiger partial charge in [0.1, 0.15) is 0 Å². The van der Waals surface area contributed by atoms with Crippen molar-refractivity contribution in [3.63, 3.8) is 0 Å². The molecule has 0 atom stereocenters. The van der Waals surface area contributed by atoms with Gasteiger partial charge in [-0.05, 0) is 24.0 Å². The number of para-hydroxylation sites is 1. The van der Waals surface area contributed by atoms with Gasteiger partial charge in [0, 0.05) is 30.6 Å². The van der Waals surface area contributed by atoms with E-state index < -0.39 is 0 Å². The van der Waals surface area contributed by atoms with Crippen LogP contribution in [0.4, 0.5) is 5.69 Å². The molecule has 2 rings (SSSR count). The highest BCUT2D eigenvalue weighted by molar-refractivity contribution is 8.04. The third-order valence-electron chi connectivity index (χ3n) is 3.88. The lowest BCUT2D eigenvalue weighted by Crippen LogP contribution is -2.38. The second-order valence-electron chi connectivity index (χ2n) is 7.31. The van der Waals surface area contributed by atoms with E-state index in [0.717, 1.165) is 10.6 Å². The molecule has 0 unspecified atom stereocenters. The molecule has 0 aliphatic carbocycles. The lowest BCUT2D eigenvalue weighted by Gasteiger charge is -2.30. The number of fused-ring (bicyclic) bond motifs is 1. The number of amides is 2. The van der Waals surface area contributed by atoms with Crippen molar-refractivity contribution in [2.75, 3.05) is 24.5 Å². The van der Waals surface area contributed by atoms with E-state index >= 15 is 0 Å². The van der Waals surface area contributed by atoms with Crippen LogP contribution in [0.3, 0.4) is 0 Å². The predicted molar refractivity (Wildman–Crippen MR) is 109 cm³/mol. The zero-order valence-electron chi connectivity index (χ0n) is 16.1. The van der Waals surface area contributed by atoms with E-state index in [2.05, 4.69) is 34.3 Å². The lowest BCUT2D eigenvalue weighted by atomic mass is 10.1. The lowest BCUT2D eigenvalue weighted by molar-refractivity contribution is -0.127. The molecule has 1 aromatic carbocycles. The fourth-order valence-corrected chi connectivity index (χ4v) is 3.94. The fraction of sp³-hybridized carbons (Fsp3) is 0.429. The Morgan fingerprint density at radius 3 is 2.38 bits per heavy atom. The number of thioether (sulfide) groups is 1. The predicted octanol–water partition coefficient (Wildman–Crippen LogP) is 4.34. The first-order valence-electron chi connectivity index (χ1n) is 9.03. The first kappa shape index (κ1) is 20.3. The quantitative estimate of drug-likeness (QED) is 0.528. The van der Waals surface area contributed by atoms with E-state index in [9.17, 15) is 9.59 Å². The van der Waals surface area contributed by atoms with Gasteiger partial charge in [0.15, 0.2) is 0 Å². The van der Waals surface area contributed by atoms with Crippen LogP contribution in [0.1, 0.15) is 27.7 Å². The molecule has 0 aromatic heterocycles. The Labute approximate surface area is 160 Å². The molecule has 140 valence electrons. The van der Waals surface area contributed by atoms with Gasteiger partial charge in [-0.3, -0.25) is 9.59 Å². The molecule has 0 N–H and O–H groups in total. The van der Waals surface area contributed by atoms with E-state index in [1.807, 2.05) is 29.2 Å². The summed E-state index contributed by atoms with van der Waals surface area (Å²) in [7, 11) is 0. The summed E-state index contributed by atoms with van der Waals surface area (Å²) in [4.78, 5) is 30.7. The van der Waals surface area contributed by atoms with Crippen LogP contribution in [0.25, 0.3) is 0 Å². The fourth-order valence-electron chi connectivity index (χ4n) is 2.91. The molecular weight excluding hydrogens is 344 g/mol. The van der Waals surface area contributed by atoms with Gasteiger partial charge in [-0.25, -0.2) is 0 Å². The van der Waals surface area contributed by atoms with Crippen LogP contribution >= 0.6 is 11.8 Å². The Hall–Kier alpha value is -2.01. The number of carbonyl (C=O) groups excluding carboxylic acids is 2. The summed E-state index contributed by atoms with van der Waals surface area (Å²) in [5, 5.41) is 0. The molecule has 1 aliphatic rings. The van der Waals surface area contributed by atoms with Crippen LogP contribution < -0.4 is 4.90 Å². The molecule has 0 radical (unpaired) electrons. The smallest absolute Gasteiger partial charge is 0.265 e. The number of carbonyl (C=O) groups is 2. The van der Waals surface area contributed by atoms with E-state index in [-0.39, 0.29) is 11.8 Å². The zero-order valence-corrected chi connectivity index (χ0v) is 16.9. The SMILES string of the molecule is C=CCN1C(=O)/C(=C\C(=O)N(CC(C)C)CC(C)C)Sc2ccccc21. The molecule has 1 aromatic rings. The van der Waals surface area contributed by atoms with Gasteiger partial charge in [0.2, 0.25) is 5.91 Å². The summed E-state index contributed by atoms with van der Waals surface area (Å²) >= 11 is 1.37. The van der Waals surface area contributed by atoms with Crippen molar-refractivity contribution in [1.82, 2.24) is 4.90 Å². The summed E-state index contributed by atoms with van der Waals surface area (Å²) in [6.07, 6.45) is 3.21. The van der Waals surface area contributed by atoms with Gasteiger partial charge >= 0.3 is 0 Å². The summed E-state index contributed by atoms with van der Waals surface area (Å²) in [6, 6.07) is 7.75. The van der Waals surface area contributed by atoms with Crippen LogP contribution in [0.5, 0.6) is 0 Å². The van der Waals surface area contributed by atoms with Crippen molar-refractivity contribution in [3.05, 3.63) is 47.9 Å². The van der Waals surface area contributed by atoms with Gasteiger partial charge in [0.05, 0.1) is 10.6 Å². The van der Waals surface area contributed by atoms with Crippen LogP contribution in [0.15, 0.2) is 52.8 Å². The standard InChI is InChI=1S/C21H28N2O2S/c1-6-11-23-17-9-7-8-10-18(17)26-19(21(23)25)12-20(24)22(13-15(2)3)14-16(4)5/h6-10,12,15-16H,1,11,13-14H2,2-5H3/b19-12+. The minimum atomic E-state index is -0.143. The Balaban J connectivity index is 2.32. The van der Waals surface area contributed by atoms with Crippen LogP contribution in [0, 0.1) is 11.8 Å². The molecular formula is C21H28N2O2S. The summed E-state index contributed by atoms with van der Waals surface area (Å²) in [6.45, 7) is 13.9. The highest BCUT2D eigenvalue weighted by Crippen LogP contribution is 2.41. The van der Waals surface area contributed by atoms with Crippen molar-refractivity contribution >= 4 is 29.3 Å². The minimum Gasteiger partial charge on any atom is -0.339 e. The number of nitrogens with zero attached hydrogens (tertiary/aromatic N) is 2. The number of anilines is 1. The van der Waals surface area contributed by atoms with Gasteiger partial charge in [-0.2, -0.15) is 0 Å². The summed E-state index contributed by atoms with van der Waals surface area (Å²) in [5.41, 5.74) is 0.869. The normalized spacial score (nSPS) is 15.5. The van der Waals surface area contributed by atoms with Gasteiger partial charge in [-0.15, -0.1) is 6.58 Å². The molecule has 4 nitrogen and oxygen atoms in total. The first-order valence-corrected chi connectivity index (χ1v) is 9.85. The van der Waals surface area contributed by atoms with E-state index in [1.54, 1.807) is 11.0 Å². The number of benzene rings is 1. The Kier molecular flexibility index (Phi) is 7.09. The van der Waals surface area contributed by atoms with Crippen molar-refractivity contribution < 1.29 is 9.59 Å². The topological polar surface area (TPSA) is 40.6 Å². The number of hydrogen-bond donors (Lipinski definition) is 0. The van der Waals surface area contributed by atoms with E-state index in [1.165, 1.54) is 17.8 Å². The van der Waals surface area contributed by atoms with Crippen molar-refractivity contribution in [3.8, 4) is 0 Å². The second-order valence-corrected chi connectivity index (χ2v) is 8.40. The van der Waals surface area contributed by atoms with Gasteiger partial charge in [-0.1, -0.05) is 57.7 Å². The van der Waals surface area contributed by atoms with E-state index in [0.29, 0.717) is 36.4 Å². The minimum absolute atomic E-state index is 0.0961. The van der Waals surface area contributed by atoms with Crippen molar-refractivity contribution in [2.45, 2.75) is 32.6 Å². The Bertz CT molecular complexity index is 700. The molecule has 5 heteroatoms.